The van der Waals surface area contributed by atoms with E-state index in [1.54, 1.807) is 26.2 Å². The summed E-state index contributed by atoms with van der Waals surface area (Å²) in [4.78, 5) is 27.5. The summed E-state index contributed by atoms with van der Waals surface area (Å²) in [5.41, 5.74) is 2.19. The van der Waals surface area contributed by atoms with E-state index in [1.165, 1.54) is 4.90 Å². The van der Waals surface area contributed by atoms with Gasteiger partial charge in [-0.1, -0.05) is 23.7 Å². The van der Waals surface area contributed by atoms with E-state index in [9.17, 15) is 9.59 Å². The number of methoxy groups -OCH3 is 1. The maximum atomic E-state index is 13.2. The van der Waals surface area contributed by atoms with Crippen molar-refractivity contribution < 1.29 is 19.1 Å². The Hall–Kier alpha value is -2.73. The molecule has 1 unspecified atom stereocenters. The van der Waals surface area contributed by atoms with Crippen molar-refractivity contribution in [2.75, 3.05) is 13.7 Å². The van der Waals surface area contributed by atoms with E-state index in [1.807, 2.05) is 58.9 Å². The molecule has 0 aromatic heterocycles. The first-order valence-corrected chi connectivity index (χ1v) is 10.9. The number of rotatable bonds is 8. The first-order chi connectivity index (χ1) is 14.9. The van der Waals surface area contributed by atoms with Crippen LogP contribution in [0.15, 0.2) is 36.4 Å². The van der Waals surface area contributed by atoms with E-state index in [0.717, 1.165) is 16.7 Å². The second kappa shape index (κ2) is 10.7. The number of benzene rings is 2. The largest absolute Gasteiger partial charge is 0.497 e. The number of hydrogen-bond donors (Lipinski definition) is 1. The number of aryl methyl sites for hydroxylation is 2. The van der Waals surface area contributed by atoms with Gasteiger partial charge in [0.25, 0.3) is 5.91 Å². The van der Waals surface area contributed by atoms with Gasteiger partial charge in [0, 0.05) is 17.1 Å². The zero-order valence-electron chi connectivity index (χ0n) is 19.9. The van der Waals surface area contributed by atoms with Gasteiger partial charge in [0.1, 0.15) is 17.5 Å². The first-order valence-electron chi connectivity index (χ1n) is 10.5. The maximum Gasteiger partial charge on any atom is 0.261 e. The Labute approximate surface area is 195 Å². The first kappa shape index (κ1) is 25.5. The number of nitrogens with zero attached hydrogens (tertiary/aromatic N) is 1. The average molecular weight is 461 g/mol. The van der Waals surface area contributed by atoms with Gasteiger partial charge in [0.2, 0.25) is 5.91 Å². The Morgan fingerprint density at radius 3 is 2.28 bits per heavy atom. The second-order valence-electron chi connectivity index (χ2n) is 8.95. The number of halogens is 1. The van der Waals surface area contributed by atoms with E-state index in [4.69, 9.17) is 21.1 Å². The number of nitrogens with one attached hydrogen (secondary N) is 1. The Bertz CT molecular complexity index is 946. The van der Waals surface area contributed by atoms with Crippen molar-refractivity contribution in [1.29, 1.82) is 0 Å². The summed E-state index contributed by atoms with van der Waals surface area (Å²) in [6.45, 7) is 11.3. The molecule has 0 aliphatic rings. The fourth-order valence-electron chi connectivity index (χ4n) is 3.24. The van der Waals surface area contributed by atoms with Gasteiger partial charge in [-0.05, 0) is 82.5 Å². The van der Waals surface area contributed by atoms with Crippen molar-refractivity contribution in [3.05, 3.63) is 58.1 Å². The second-order valence-corrected chi connectivity index (χ2v) is 9.33. The molecule has 32 heavy (non-hydrogen) atoms. The van der Waals surface area contributed by atoms with Gasteiger partial charge < -0.3 is 19.7 Å². The molecular formula is C25H33ClN2O4. The van der Waals surface area contributed by atoms with Gasteiger partial charge in [0.05, 0.1) is 7.11 Å². The molecule has 7 heteroatoms. The molecule has 0 heterocycles. The molecule has 0 saturated carbocycles. The summed E-state index contributed by atoms with van der Waals surface area (Å²) in [7, 11) is 1.59. The minimum absolute atomic E-state index is 0.197. The molecule has 6 nitrogen and oxygen atoms in total. The lowest BCUT2D eigenvalue weighted by Gasteiger charge is -2.31. The van der Waals surface area contributed by atoms with Crippen LogP contribution in [0.1, 0.15) is 44.4 Å². The van der Waals surface area contributed by atoms with E-state index >= 15 is 0 Å². The number of hydrogen-bond acceptors (Lipinski definition) is 4. The average Bonchev–Trinajstić information content (AvgIpc) is 2.72. The van der Waals surface area contributed by atoms with Gasteiger partial charge in [-0.15, -0.1) is 0 Å². The van der Waals surface area contributed by atoms with E-state index in [0.29, 0.717) is 16.5 Å². The van der Waals surface area contributed by atoms with E-state index in [-0.39, 0.29) is 25.0 Å². The van der Waals surface area contributed by atoms with Crippen LogP contribution in [0.3, 0.4) is 0 Å². The predicted octanol–water partition coefficient (Wildman–Crippen LogP) is 4.68. The Morgan fingerprint density at radius 1 is 1.09 bits per heavy atom. The Kier molecular flexibility index (Phi) is 8.56. The summed E-state index contributed by atoms with van der Waals surface area (Å²) in [5, 5.41) is 3.62. The zero-order valence-corrected chi connectivity index (χ0v) is 20.7. The van der Waals surface area contributed by atoms with E-state index in [2.05, 4.69) is 5.32 Å². The molecule has 0 spiro atoms. The molecule has 0 aliphatic heterocycles. The van der Waals surface area contributed by atoms with Gasteiger partial charge in [0.15, 0.2) is 6.61 Å². The molecule has 0 saturated heterocycles. The maximum absolute atomic E-state index is 13.2. The van der Waals surface area contributed by atoms with Crippen LogP contribution in [-0.4, -0.2) is 42.0 Å². The van der Waals surface area contributed by atoms with Crippen molar-refractivity contribution in [1.82, 2.24) is 10.2 Å². The van der Waals surface area contributed by atoms with Crippen molar-refractivity contribution in [2.24, 2.45) is 0 Å². The summed E-state index contributed by atoms with van der Waals surface area (Å²) < 4.78 is 11.1. The van der Waals surface area contributed by atoms with Crippen LogP contribution in [0.5, 0.6) is 11.5 Å². The highest BCUT2D eigenvalue weighted by Gasteiger charge is 2.28. The van der Waals surface area contributed by atoms with Crippen molar-refractivity contribution >= 4 is 23.4 Å². The number of carbonyl (C=O) groups is 2. The molecule has 2 amide bonds. The monoisotopic (exact) mass is 460 g/mol. The smallest absolute Gasteiger partial charge is 0.261 e. The quantitative estimate of drug-likeness (QED) is 0.621. The molecule has 0 bridgehead atoms. The highest BCUT2D eigenvalue weighted by Crippen LogP contribution is 2.26. The molecule has 1 N–H and O–H groups in total. The zero-order chi connectivity index (χ0) is 24.1. The van der Waals surface area contributed by atoms with Gasteiger partial charge >= 0.3 is 0 Å². The van der Waals surface area contributed by atoms with Crippen LogP contribution < -0.4 is 14.8 Å². The third-order valence-electron chi connectivity index (χ3n) is 4.92. The van der Waals surface area contributed by atoms with Crippen LogP contribution in [0, 0.1) is 13.8 Å². The number of amides is 2. The highest BCUT2D eigenvalue weighted by atomic mass is 35.5. The van der Waals surface area contributed by atoms with Crippen LogP contribution >= 0.6 is 11.6 Å². The molecule has 2 aromatic rings. The highest BCUT2D eigenvalue weighted by molar-refractivity contribution is 6.32. The summed E-state index contributed by atoms with van der Waals surface area (Å²) in [6.07, 6.45) is 0. The summed E-state index contributed by atoms with van der Waals surface area (Å²) in [6, 6.07) is 10.3. The lowest BCUT2D eigenvalue weighted by atomic mass is 10.1. The number of ether oxygens (including phenoxy) is 2. The van der Waals surface area contributed by atoms with Crippen molar-refractivity contribution in [3.63, 3.8) is 0 Å². The molecule has 2 aromatic carbocycles. The molecule has 0 fully saturated rings. The van der Waals surface area contributed by atoms with Crippen LogP contribution in [0.4, 0.5) is 0 Å². The molecule has 1 atom stereocenters. The minimum Gasteiger partial charge on any atom is -0.497 e. The lowest BCUT2D eigenvalue weighted by molar-refractivity contribution is -0.142. The molecule has 174 valence electrons. The fourth-order valence-corrected chi connectivity index (χ4v) is 3.35. The van der Waals surface area contributed by atoms with E-state index < -0.39 is 11.6 Å². The topological polar surface area (TPSA) is 67.9 Å². The minimum atomic E-state index is -0.690. The lowest BCUT2D eigenvalue weighted by Crippen LogP contribution is -2.53. The molecule has 0 radical (unpaired) electrons. The van der Waals surface area contributed by atoms with Gasteiger partial charge in [-0.25, -0.2) is 0 Å². The Morgan fingerprint density at radius 2 is 1.72 bits per heavy atom. The third kappa shape index (κ3) is 7.16. The standard InChI is InChI=1S/C25H33ClN2O4/c1-16-11-21(12-17(2)23(16)26)32-15-22(29)28(18(3)24(30)27-25(4,5)6)14-19-9-8-10-20(13-19)31-7/h8-13,18H,14-15H2,1-7H3,(H,27,30). The molecule has 0 aliphatic carbocycles. The normalized spacial score (nSPS) is 12.1. The van der Waals surface area contributed by atoms with Gasteiger partial charge in [-0.2, -0.15) is 0 Å². The van der Waals surface area contributed by atoms with Crippen LogP contribution in [0.2, 0.25) is 5.02 Å². The van der Waals surface area contributed by atoms with Gasteiger partial charge in [-0.3, -0.25) is 9.59 Å². The summed E-state index contributed by atoms with van der Waals surface area (Å²) >= 11 is 6.22. The molecular weight excluding hydrogens is 428 g/mol. The van der Waals surface area contributed by atoms with Crippen LogP contribution in [-0.2, 0) is 16.1 Å². The van der Waals surface area contributed by atoms with Crippen molar-refractivity contribution in [3.8, 4) is 11.5 Å². The van der Waals surface area contributed by atoms with Crippen molar-refractivity contribution in [2.45, 2.75) is 59.7 Å². The van der Waals surface area contributed by atoms with Crippen LogP contribution in [0.25, 0.3) is 0 Å². The third-order valence-corrected chi connectivity index (χ3v) is 5.52. The predicted molar refractivity (Wildman–Crippen MR) is 127 cm³/mol. The fraction of sp³-hybridized carbons (Fsp3) is 0.440. The molecule has 2 rings (SSSR count). The number of carbonyl (C=O) groups excluding carboxylic acids is 2. The summed E-state index contributed by atoms with van der Waals surface area (Å²) in [5.74, 6) is 0.720. The Balaban J connectivity index is 2.23. The SMILES string of the molecule is COc1cccc(CN(C(=O)COc2cc(C)c(Cl)c(C)c2)C(C)C(=O)NC(C)(C)C)c1.